The average Bonchev–Trinajstić information content (AvgIpc) is 2.40. The third kappa shape index (κ3) is 2.29. The molecule has 1 aromatic heterocycles. The largest absolute Gasteiger partial charge is 0.306 e. The van der Waals surface area contributed by atoms with Crippen LogP contribution < -0.4 is 5.56 Å². The molecule has 0 unspecified atom stereocenters. The highest BCUT2D eigenvalue weighted by Gasteiger charge is 2.18. The van der Waals surface area contributed by atoms with Gasteiger partial charge in [0.25, 0.3) is 5.56 Å². The first-order valence-corrected chi connectivity index (χ1v) is 6.20. The molecule has 1 aromatic carbocycles. The van der Waals surface area contributed by atoms with E-state index in [1.807, 2.05) is 7.05 Å². The zero-order valence-corrected chi connectivity index (χ0v) is 10.6. The molecule has 0 atom stereocenters. The highest BCUT2D eigenvalue weighted by atomic mass is 19.1. The Hall–Kier alpha value is -2.01. The SMILES string of the molecule is CN1CCc2nc(-c3ccc(F)cc3)[nH]c(=O)c2C1. The molecule has 1 aliphatic heterocycles. The quantitative estimate of drug-likeness (QED) is 0.845. The second kappa shape index (κ2) is 4.59. The van der Waals surface area contributed by atoms with Crippen LogP contribution in [0.25, 0.3) is 11.4 Å². The Morgan fingerprint density at radius 3 is 2.79 bits per heavy atom. The second-order valence-electron chi connectivity index (χ2n) is 4.83. The van der Waals surface area contributed by atoms with Crippen molar-refractivity contribution in [3.8, 4) is 11.4 Å². The lowest BCUT2D eigenvalue weighted by atomic mass is 10.1. The summed E-state index contributed by atoms with van der Waals surface area (Å²) >= 11 is 0. The smallest absolute Gasteiger partial charge is 0.255 e. The van der Waals surface area contributed by atoms with Crippen LogP contribution in [-0.4, -0.2) is 28.5 Å². The van der Waals surface area contributed by atoms with E-state index in [-0.39, 0.29) is 11.4 Å². The van der Waals surface area contributed by atoms with Gasteiger partial charge in [-0.2, -0.15) is 0 Å². The van der Waals surface area contributed by atoms with Crippen molar-refractivity contribution in [2.24, 2.45) is 0 Å². The summed E-state index contributed by atoms with van der Waals surface area (Å²) in [6.07, 6.45) is 0.768. The topological polar surface area (TPSA) is 49.0 Å². The summed E-state index contributed by atoms with van der Waals surface area (Å²) < 4.78 is 12.9. The molecule has 0 saturated carbocycles. The molecule has 98 valence electrons. The highest BCUT2D eigenvalue weighted by molar-refractivity contribution is 5.55. The van der Waals surface area contributed by atoms with Crippen LogP contribution in [0.15, 0.2) is 29.1 Å². The summed E-state index contributed by atoms with van der Waals surface area (Å²) in [6.45, 7) is 1.52. The monoisotopic (exact) mass is 259 g/mol. The lowest BCUT2D eigenvalue weighted by Crippen LogP contribution is -2.33. The number of aromatic amines is 1. The number of halogens is 1. The van der Waals surface area contributed by atoms with E-state index >= 15 is 0 Å². The van der Waals surface area contributed by atoms with Crippen LogP contribution in [0.5, 0.6) is 0 Å². The van der Waals surface area contributed by atoms with E-state index < -0.39 is 0 Å². The van der Waals surface area contributed by atoms with Crippen LogP contribution in [-0.2, 0) is 13.0 Å². The minimum atomic E-state index is -0.300. The Labute approximate surface area is 109 Å². The van der Waals surface area contributed by atoms with Crippen molar-refractivity contribution in [1.82, 2.24) is 14.9 Å². The number of nitrogens with one attached hydrogen (secondary N) is 1. The minimum Gasteiger partial charge on any atom is -0.306 e. The molecule has 0 aliphatic carbocycles. The minimum absolute atomic E-state index is 0.101. The molecule has 0 amide bonds. The predicted molar refractivity (Wildman–Crippen MR) is 70.3 cm³/mol. The predicted octanol–water partition coefficient (Wildman–Crippen LogP) is 1.56. The van der Waals surface area contributed by atoms with Crippen molar-refractivity contribution in [3.05, 3.63) is 51.7 Å². The lowest BCUT2D eigenvalue weighted by Gasteiger charge is -2.23. The Morgan fingerprint density at radius 1 is 1.32 bits per heavy atom. The normalized spacial score (nSPS) is 15.3. The van der Waals surface area contributed by atoms with Crippen LogP contribution in [0.3, 0.4) is 0 Å². The molecule has 2 aromatic rings. The fourth-order valence-electron chi connectivity index (χ4n) is 2.30. The van der Waals surface area contributed by atoms with E-state index in [0.717, 1.165) is 29.8 Å². The molecule has 5 heteroatoms. The molecule has 3 rings (SSSR count). The van der Waals surface area contributed by atoms with Gasteiger partial charge in [0.15, 0.2) is 0 Å². The van der Waals surface area contributed by atoms with Gasteiger partial charge in [0, 0.05) is 25.1 Å². The molecule has 1 N–H and O–H groups in total. The molecule has 1 aliphatic rings. The number of aromatic nitrogens is 2. The number of fused-ring (bicyclic) bond motifs is 1. The number of hydrogen-bond donors (Lipinski definition) is 1. The second-order valence-corrected chi connectivity index (χ2v) is 4.83. The van der Waals surface area contributed by atoms with Crippen molar-refractivity contribution < 1.29 is 4.39 Å². The van der Waals surface area contributed by atoms with Crippen LogP contribution >= 0.6 is 0 Å². The average molecular weight is 259 g/mol. The summed E-state index contributed by atoms with van der Waals surface area (Å²) in [7, 11) is 1.98. The summed E-state index contributed by atoms with van der Waals surface area (Å²) in [5.74, 6) is 0.207. The maximum absolute atomic E-state index is 12.9. The van der Waals surface area contributed by atoms with Crippen molar-refractivity contribution in [2.45, 2.75) is 13.0 Å². The third-order valence-corrected chi connectivity index (χ3v) is 3.38. The number of likely N-dealkylation sites (N-methyl/N-ethyl adjacent to an activating group) is 1. The maximum atomic E-state index is 12.9. The Bertz CT molecular complexity index is 663. The zero-order valence-electron chi connectivity index (χ0n) is 10.6. The summed E-state index contributed by atoms with van der Waals surface area (Å²) in [4.78, 5) is 21.4. The zero-order chi connectivity index (χ0) is 13.4. The van der Waals surface area contributed by atoms with Gasteiger partial charge in [-0.1, -0.05) is 0 Å². The molecule has 4 nitrogen and oxygen atoms in total. The van der Waals surface area contributed by atoms with Gasteiger partial charge in [0.2, 0.25) is 0 Å². The van der Waals surface area contributed by atoms with Gasteiger partial charge in [-0.25, -0.2) is 9.37 Å². The van der Waals surface area contributed by atoms with Crippen molar-refractivity contribution in [2.75, 3.05) is 13.6 Å². The first-order chi connectivity index (χ1) is 9.13. The molecular formula is C14H14FN3O. The van der Waals surface area contributed by atoms with Gasteiger partial charge in [-0.15, -0.1) is 0 Å². The Kier molecular flexibility index (Phi) is 2.91. The van der Waals surface area contributed by atoms with Gasteiger partial charge in [-0.05, 0) is 31.3 Å². The summed E-state index contributed by atoms with van der Waals surface area (Å²) in [5, 5.41) is 0. The highest BCUT2D eigenvalue weighted by Crippen LogP contribution is 2.18. The van der Waals surface area contributed by atoms with Crippen LogP contribution in [0.4, 0.5) is 4.39 Å². The molecule has 2 heterocycles. The number of benzene rings is 1. The summed E-state index contributed by atoms with van der Waals surface area (Å²) in [5.41, 5.74) is 2.21. The third-order valence-electron chi connectivity index (χ3n) is 3.38. The first-order valence-electron chi connectivity index (χ1n) is 6.20. The van der Waals surface area contributed by atoms with Gasteiger partial charge >= 0.3 is 0 Å². The van der Waals surface area contributed by atoms with Crippen LogP contribution in [0.1, 0.15) is 11.3 Å². The van der Waals surface area contributed by atoms with Crippen LogP contribution in [0.2, 0.25) is 0 Å². The number of hydrogen-bond acceptors (Lipinski definition) is 3. The van der Waals surface area contributed by atoms with E-state index in [2.05, 4.69) is 14.9 Å². The molecule has 0 saturated heterocycles. The standard InChI is InChI=1S/C14H14FN3O/c1-18-7-6-12-11(8-18)14(19)17-13(16-12)9-2-4-10(15)5-3-9/h2-5H,6-8H2,1H3,(H,16,17,19). The van der Waals surface area contributed by atoms with E-state index in [0.29, 0.717) is 12.4 Å². The van der Waals surface area contributed by atoms with E-state index in [4.69, 9.17) is 0 Å². The molecular weight excluding hydrogens is 245 g/mol. The van der Waals surface area contributed by atoms with E-state index in [1.54, 1.807) is 12.1 Å². The number of rotatable bonds is 1. The van der Waals surface area contributed by atoms with Crippen LogP contribution in [0, 0.1) is 5.82 Å². The molecule has 0 radical (unpaired) electrons. The summed E-state index contributed by atoms with van der Waals surface area (Å²) in [6, 6.07) is 5.97. The molecule has 0 fully saturated rings. The van der Waals surface area contributed by atoms with Gasteiger partial charge < -0.3 is 9.88 Å². The maximum Gasteiger partial charge on any atom is 0.255 e. The number of nitrogens with zero attached hydrogens (tertiary/aromatic N) is 2. The molecule has 0 spiro atoms. The van der Waals surface area contributed by atoms with Crippen molar-refractivity contribution >= 4 is 0 Å². The number of H-pyrrole nitrogens is 1. The van der Waals surface area contributed by atoms with Gasteiger partial charge in [-0.3, -0.25) is 4.79 Å². The fraction of sp³-hybridized carbons (Fsp3) is 0.286. The lowest BCUT2D eigenvalue weighted by molar-refractivity contribution is 0.307. The fourth-order valence-corrected chi connectivity index (χ4v) is 2.30. The van der Waals surface area contributed by atoms with Crippen molar-refractivity contribution in [3.63, 3.8) is 0 Å². The van der Waals surface area contributed by atoms with Gasteiger partial charge in [0.1, 0.15) is 11.6 Å². The molecule has 0 bridgehead atoms. The van der Waals surface area contributed by atoms with E-state index in [1.165, 1.54) is 12.1 Å². The Morgan fingerprint density at radius 2 is 2.05 bits per heavy atom. The first kappa shape index (κ1) is 12.0. The van der Waals surface area contributed by atoms with Gasteiger partial charge in [0.05, 0.1) is 11.3 Å². The van der Waals surface area contributed by atoms with Crippen molar-refractivity contribution in [1.29, 1.82) is 0 Å². The van der Waals surface area contributed by atoms with E-state index in [9.17, 15) is 9.18 Å². The molecule has 19 heavy (non-hydrogen) atoms. The Balaban J connectivity index is 2.07.